The van der Waals surface area contributed by atoms with E-state index in [-0.39, 0.29) is 12.5 Å². The van der Waals surface area contributed by atoms with E-state index in [1.807, 2.05) is 24.3 Å². The van der Waals surface area contributed by atoms with Crippen molar-refractivity contribution in [2.24, 2.45) is 5.92 Å². The third-order valence-corrected chi connectivity index (χ3v) is 3.90. The van der Waals surface area contributed by atoms with Crippen LogP contribution in [0.5, 0.6) is 5.75 Å². The van der Waals surface area contributed by atoms with Crippen LogP contribution in [-0.4, -0.2) is 30.3 Å². The first kappa shape index (κ1) is 13.9. The van der Waals surface area contributed by atoms with Crippen molar-refractivity contribution in [1.29, 1.82) is 0 Å². The van der Waals surface area contributed by atoms with E-state index in [4.69, 9.17) is 4.74 Å². The third-order valence-electron chi connectivity index (χ3n) is 3.90. The Kier molecular flexibility index (Phi) is 4.10. The van der Waals surface area contributed by atoms with E-state index in [0.29, 0.717) is 0 Å². The number of aliphatic carboxylic acids is 1. The number of aryl methyl sites for hydroxylation is 1. The third kappa shape index (κ3) is 2.89. The zero-order valence-corrected chi connectivity index (χ0v) is 11.5. The quantitative estimate of drug-likeness (QED) is 0.790. The van der Waals surface area contributed by atoms with Crippen LogP contribution in [0.1, 0.15) is 25.3 Å². The number of likely N-dealkylation sites (N-methyl/N-ethyl adjacent to an activating group) is 1. The first-order valence-electron chi connectivity index (χ1n) is 6.76. The lowest BCUT2D eigenvalue weighted by atomic mass is 9.94. The molecule has 4 heteroatoms. The summed E-state index contributed by atoms with van der Waals surface area (Å²) in [6.45, 7) is 2.26. The zero-order chi connectivity index (χ0) is 13.9. The molecule has 1 aromatic rings. The molecule has 1 aromatic carbocycles. The van der Waals surface area contributed by atoms with Gasteiger partial charge in [-0.2, -0.15) is 0 Å². The summed E-state index contributed by atoms with van der Waals surface area (Å²) in [6.07, 6.45) is 2.88. The lowest BCUT2D eigenvalue weighted by Gasteiger charge is -2.28. The highest BCUT2D eigenvalue weighted by atomic mass is 16.5. The number of carboxylic acids is 1. The largest absolute Gasteiger partial charge is 0.491 e. The fraction of sp³-hybridized carbons (Fsp3) is 0.533. The van der Waals surface area contributed by atoms with Crippen LogP contribution in [0.25, 0.3) is 0 Å². The van der Waals surface area contributed by atoms with E-state index >= 15 is 0 Å². The Balaban J connectivity index is 2.03. The SMILES string of the molecule is CCc1ccc(OCC(NC)(C(=O)O)C2CC2)cc1. The molecule has 0 heterocycles. The number of benzene rings is 1. The van der Waals surface area contributed by atoms with Crippen molar-refractivity contribution in [3.63, 3.8) is 0 Å². The second kappa shape index (κ2) is 5.61. The summed E-state index contributed by atoms with van der Waals surface area (Å²) in [4.78, 5) is 11.5. The maximum absolute atomic E-state index is 11.5. The van der Waals surface area contributed by atoms with Gasteiger partial charge in [0.1, 0.15) is 12.4 Å². The molecule has 2 N–H and O–H groups in total. The molecule has 0 aromatic heterocycles. The summed E-state index contributed by atoms with van der Waals surface area (Å²) < 4.78 is 5.68. The number of hydrogen-bond donors (Lipinski definition) is 2. The van der Waals surface area contributed by atoms with Gasteiger partial charge in [0.2, 0.25) is 0 Å². The molecular formula is C15H21NO3. The number of carbonyl (C=O) groups is 1. The fourth-order valence-electron chi connectivity index (χ4n) is 2.33. The van der Waals surface area contributed by atoms with Gasteiger partial charge in [-0.15, -0.1) is 0 Å². The monoisotopic (exact) mass is 263 g/mol. The normalized spacial score (nSPS) is 17.8. The first-order chi connectivity index (χ1) is 9.12. The Morgan fingerprint density at radius 3 is 2.47 bits per heavy atom. The van der Waals surface area contributed by atoms with Gasteiger partial charge in [-0.1, -0.05) is 19.1 Å². The Morgan fingerprint density at radius 1 is 1.42 bits per heavy atom. The highest BCUT2D eigenvalue weighted by Crippen LogP contribution is 2.40. The van der Waals surface area contributed by atoms with Crippen molar-refractivity contribution in [2.45, 2.75) is 31.7 Å². The van der Waals surface area contributed by atoms with Gasteiger partial charge in [-0.25, -0.2) is 0 Å². The number of carboxylic acid groups (broad SMARTS) is 1. The van der Waals surface area contributed by atoms with Crippen LogP contribution >= 0.6 is 0 Å². The Hall–Kier alpha value is -1.55. The molecule has 0 spiro atoms. The minimum Gasteiger partial charge on any atom is -0.491 e. The predicted molar refractivity (Wildman–Crippen MR) is 73.5 cm³/mol. The predicted octanol–water partition coefficient (Wildman–Crippen LogP) is 2.08. The summed E-state index contributed by atoms with van der Waals surface area (Å²) in [5, 5.41) is 12.4. The van der Waals surface area contributed by atoms with Gasteiger partial charge in [-0.3, -0.25) is 4.79 Å². The molecule has 1 aliphatic rings. The fourth-order valence-corrected chi connectivity index (χ4v) is 2.33. The number of hydrogen-bond acceptors (Lipinski definition) is 3. The lowest BCUT2D eigenvalue weighted by molar-refractivity contribution is -0.147. The maximum Gasteiger partial charge on any atom is 0.327 e. The average Bonchev–Trinajstić information content (AvgIpc) is 3.25. The zero-order valence-electron chi connectivity index (χ0n) is 11.5. The molecule has 0 saturated heterocycles. The van der Waals surface area contributed by atoms with Gasteiger partial charge in [0.15, 0.2) is 5.54 Å². The molecule has 1 atom stereocenters. The van der Waals surface area contributed by atoms with Crippen LogP contribution < -0.4 is 10.1 Å². The average molecular weight is 263 g/mol. The summed E-state index contributed by atoms with van der Waals surface area (Å²) in [7, 11) is 1.69. The van der Waals surface area contributed by atoms with E-state index in [1.165, 1.54) is 5.56 Å². The second-order valence-electron chi connectivity index (χ2n) is 5.09. The molecule has 1 aliphatic carbocycles. The topological polar surface area (TPSA) is 58.6 Å². The molecule has 1 fully saturated rings. The molecule has 2 rings (SSSR count). The number of ether oxygens (including phenoxy) is 1. The van der Waals surface area contributed by atoms with E-state index in [2.05, 4.69) is 12.2 Å². The molecule has 0 radical (unpaired) electrons. The summed E-state index contributed by atoms with van der Waals surface area (Å²) in [5.41, 5.74) is 0.288. The molecule has 1 unspecified atom stereocenters. The van der Waals surface area contributed by atoms with Gasteiger partial charge in [0, 0.05) is 0 Å². The number of rotatable bonds is 7. The molecular weight excluding hydrogens is 242 g/mol. The number of nitrogens with one attached hydrogen (secondary N) is 1. The summed E-state index contributed by atoms with van der Waals surface area (Å²) in [6, 6.07) is 7.81. The van der Waals surface area contributed by atoms with E-state index in [0.717, 1.165) is 25.0 Å². The van der Waals surface area contributed by atoms with E-state index in [9.17, 15) is 9.90 Å². The second-order valence-corrected chi connectivity index (χ2v) is 5.09. The van der Waals surface area contributed by atoms with Crippen molar-refractivity contribution in [2.75, 3.05) is 13.7 Å². The van der Waals surface area contributed by atoms with Gasteiger partial charge < -0.3 is 15.2 Å². The maximum atomic E-state index is 11.5. The summed E-state index contributed by atoms with van der Waals surface area (Å²) >= 11 is 0. The van der Waals surface area contributed by atoms with Gasteiger partial charge in [0.05, 0.1) is 0 Å². The highest BCUT2D eigenvalue weighted by Gasteiger charge is 2.51. The minimum absolute atomic E-state index is 0.162. The van der Waals surface area contributed by atoms with E-state index < -0.39 is 11.5 Å². The van der Waals surface area contributed by atoms with Crippen LogP contribution in [0.2, 0.25) is 0 Å². The summed E-state index contributed by atoms with van der Waals surface area (Å²) in [5.74, 6) is 0.0614. The highest BCUT2D eigenvalue weighted by molar-refractivity contribution is 5.80. The molecule has 19 heavy (non-hydrogen) atoms. The van der Waals surface area contributed by atoms with Crippen LogP contribution in [0.15, 0.2) is 24.3 Å². The molecule has 0 aliphatic heterocycles. The van der Waals surface area contributed by atoms with Crippen LogP contribution in [0.4, 0.5) is 0 Å². The van der Waals surface area contributed by atoms with E-state index in [1.54, 1.807) is 7.05 Å². The molecule has 0 amide bonds. The van der Waals surface area contributed by atoms with Crippen LogP contribution in [0.3, 0.4) is 0 Å². The molecule has 0 bridgehead atoms. The Labute approximate surface area is 113 Å². The van der Waals surface area contributed by atoms with Gasteiger partial charge >= 0.3 is 5.97 Å². The van der Waals surface area contributed by atoms with Crippen LogP contribution in [0, 0.1) is 5.92 Å². The molecule has 1 saturated carbocycles. The van der Waals surface area contributed by atoms with Crippen molar-refractivity contribution in [3.8, 4) is 5.75 Å². The van der Waals surface area contributed by atoms with Crippen molar-refractivity contribution >= 4 is 5.97 Å². The standard InChI is InChI=1S/C15H21NO3/c1-3-11-4-8-13(9-5-11)19-10-15(16-2,14(17)18)12-6-7-12/h4-5,8-9,12,16H,3,6-7,10H2,1-2H3,(H,17,18). The van der Waals surface area contributed by atoms with Crippen molar-refractivity contribution in [3.05, 3.63) is 29.8 Å². The van der Waals surface area contributed by atoms with Gasteiger partial charge in [0.25, 0.3) is 0 Å². The molecule has 104 valence electrons. The van der Waals surface area contributed by atoms with Gasteiger partial charge in [-0.05, 0) is 49.9 Å². The Morgan fingerprint density at radius 2 is 2.05 bits per heavy atom. The lowest BCUT2D eigenvalue weighted by Crippen LogP contribution is -2.56. The minimum atomic E-state index is -0.955. The van der Waals surface area contributed by atoms with Crippen LogP contribution in [-0.2, 0) is 11.2 Å². The Bertz CT molecular complexity index is 439. The molecule has 4 nitrogen and oxygen atoms in total. The van der Waals surface area contributed by atoms with Crippen molar-refractivity contribution in [1.82, 2.24) is 5.32 Å². The van der Waals surface area contributed by atoms with Crippen molar-refractivity contribution < 1.29 is 14.6 Å². The smallest absolute Gasteiger partial charge is 0.327 e. The first-order valence-corrected chi connectivity index (χ1v) is 6.76.